The fraction of sp³-hybridized carbons (Fsp3) is 0.600. The fourth-order valence-electron chi connectivity index (χ4n) is 1.81. The lowest BCUT2D eigenvalue weighted by atomic mass is 10.2. The molecule has 102 valence electrons. The molecule has 1 aromatic rings. The van der Waals surface area contributed by atoms with Crippen LogP contribution in [0.5, 0.6) is 0 Å². The van der Waals surface area contributed by atoms with Gasteiger partial charge in [0.15, 0.2) is 0 Å². The van der Waals surface area contributed by atoms with Gasteiger partial charge in [-0.2, -0.15) is 0 Å². The summed E-state index contributed by atoms with van der Waals surface area (Å²) in [7, 11) is 2.18. The van der Waals surface area contributed by atoms with E-state index in [4.69, 9.17) is 5.73 Å². The molecule has 0 saturated carbocycles. The molecule has 0 atom stereocenters. The number of unbranched alkanes of at least 4 members (excludes halogenated alkanes) is 1. The number of nitrogens with zero attached hydrogens (tertiary/aromatic N) is 1. The van der Waals surface area contributed by atoms with E-state index in [9.17, 15) is 0 Å². The zero-order valence-electron chi connectivity index (χ0n) is 12.2. The van der Waals surface area contributed by atoms with Crippen LogP contribution in [0.4, 0.5) is 11.4 Å². The normalized spacial score (nSPS) is 11.2. The van der Waals surface area contributed by atoms with Crippen molar-refractivity contribution in [2.75, 3.05) is 31.2 Å². The standard InChI is InChI=1S/C15H27N3/c1-12(2)18(4)10-6-5-9-17-15-8-7-13(3)11-14(15)16/h7-8,11-12,17H,5-6,9-10,16H2,1-4H3. The SMILES string of the molecule is Cc1ccc(NCCCCN(C)C(C)C)c(N)c1. The molecule has 0 aliphatic carbocycles. The van der Waals surface area contributed by atoms with Crippen LogP contribution in [0, 0.1) is 6.92 Å². The molecular formula is C15H27N3. The van der Waals surface area contributed by atoms with Gasteiger partial charge in [0, 0.05) is 12.6 Å². The summed E-state index contributed by atoms with van der Waals surface area (Å²) < 4.78 is 0. The molecule has 0 saturated heterocycles. The lowest BCUT2D eigenvalue weighted by molar-refractivity contribution is 0.269. The zero-order chi connectivity index (χ0) is 13.5. The van der Waals surface area contributed by atoms with E-state index in [0.717, 1.165) is 24.5 Å². The quantitative estimate of drug-likeness (QED) is 0.576. The fourth-order valence-corrected chi connectivity index (χ4v) is 1.81. The van der Waals surface area contributed by atoms with Gasteiger partial charge in [-0.15, -0.1) is 0 Å². The third-order valence-electron chi connectivity index (χ3n) is 3.34. The van der Waals surface area contributed by atoms with Crippen LogP contribution in [0.1, 0.15) is 32.3 Å². The molecule has 3 N–H and O–H groups in total. The van der Waals surface area contributed by atoms with E-state index >= 15 is 0 Å². The number of hydrogen-bond acceptors (Lipinski definition) is 3. The number of aryl methyl sites for hydroxylation is 1. The van der Waals surface area contributed by atoms with Crippen LogP contribution in [0.2, 0.25) is 0 Å². The highest BCUT2D eigenvalue weighted by atomic mass is 15.1. The number of rotatable bonds is 7. The maximum Gasteiger partial charge on any atom is 0.0574 e. The van der Waals surface area contributed by atoms with E-state index < -0.39 is 0 Å². The second-order valence-electron chi connectivity index (χ2n) is 5.30. The van der Waals surface area contributed by atoms with Gasteiger partial charge in [0.1, 0.15) is 0 Å². The second-order valence-corrected chi connectivity index (χ2v) is 5.30. The first-order chi connectivity index (χ1) is 8.50. The second kappa shape index (κ2) is 7.27. The number of nitrogen functional groups attached to an aromatic ring is 1. The maximum atomic E-state index is 5.95. The average Bonchev–Trinajstić information content (AvgIpc) is 2.30. The van der Waals surface area contributed by atoms with E-state index in [0.29, 0.717) is 6.04 Å². The van der Waals surface area contributed by atoms with E-state index in [1.54, 1.807) is 0 Å². The van der Waals surface area contributed by atoms with E-state index in [-0.39, 0.29) is 0 Å². The predicted octanol–water partition coefficient (Wildman–Crippen LogP) is 3.11. The van der Waals surface area contributed by atoms with Crippen molar-refractivity contribution in [1.82, 2.24) is 4.90 Å². The Bertz CT molecular complexity index is 361. The average molecular weight is 249 g/mol. The highest BCUT2D eigenvalue weighted by molar-refractivity contribution is 5.66. The summed E-state index contributed by atoms with van der Waals surface area (Å²) in [6.45, 7) is 8.65. The van der Waals surface area contributed by atoms with Crippen molar-refractivity contribution in [3.8, 4) is 0 Å². The number of nitrogens with two attached hydrogens (primary N) is 1. The van der Waals surface area contributed by atoms with Gasteiger partial charge in [0.25, 0.3) is 0 Å². The smallest absolute Gasteiger partial charge is 0.0574 e. The van der Waals surface area contributed by atoms with Crippen LogP contribution < -0.4 is 11.1 Å². The molecule has 0 unspecified atom stereocenters. The molecule has 0 amide bonds. The van der Waals surface area contributed by atoms with Gasteiger partial charge in [-0.1, -0.05) is 6.07 Å². The molecule has 3 nitrogen and oxygen atoms in total. The van der Waals surface area contributed by atoms with Crippen LogP contribution in [0.25, 0.3) is 0 Å². The lowest BCUT2D eigenvalue weighted by Crippen LogP contribution is -2.27. The van der Waals surface area contributed by atoms with Crippen LogP contribution in [-0.4, -0.2) is 31.1 Å². The molecular weight excluding hydrogens is 222 g/mol. The number of benzene rings is 1. The molecule has 0 aliphatic rings. The van der Waals surface area contributed by atoms with Crippen molar-refractivity contribution in [1.29, 1.82) is 0 Å². The molecule has 0 aromatic heterocycles. The summed E-state index contributed by atoms with van der Waals surface area (Å²) >= 11 is 0. The molecule has 1 aromatic carbocycles. The first kappa shape index (κ1) is 14.8. The monoisotopic (exact) mass is 249 g/mol. The number of anilines is 2. The third kappa shape index (κ3) is 4.96. The van der Waals surface area contributed by atoms with Gasteiger partial charge in [-0.3, -0.25) is 0 Å². The van der Waals surface area contributed by atoms with Crippen molar-refractivity contribution in [2.45, 2.75) is 39.7 Å². The van der Waals surface area contributed by atoms with Crippen LogP contribution in [0.15, 0.2) is 18.2 Å². The Balaban J connectivity index is 2.22. The zero-order valence-corrected chi connectivity index (χ0v) is 12.2. The minimum atomic E-state index is 0.630. The number of hydrogen-bond donors (Lipinski definition) is 2. The van der Waals surface area contributed by atoms with Crippen molar-refractivity contribution in [2.24, 2.45) is 0 Å². The van der Waals surface area contributed by atoms with Gasteiger partial charge >= 0.3 is 0 Å². The molecule has 18 heavy (non-hydrogen) atoms. The largest absolute Gasteiger partial charge is 0.397 e. The van der Waals surface area contributed by atoms with Gasteiger partial charge < -0.3 is 16.0 Å². The predicted molar refractivity (Wildman–Crippen MR) is 81.1 cm³/mol. The summed E-state index contributed by atoms with van der Waals surface area (Å²) in [5, 5.41) is 3.40. The Hall–Kier alpha value is -1.22. The molecule has 0 aliphatic heterocycles. The molecule has 0 heterocycles. The summed E-state index contributed by atoms with van der Waals surface area (Å²) in [6, 6.07) is 6.79. The first-order valence-corrected chi connectivity index (χ1v) is 6.81. The minimum absolute atomic E-state index is 0.630. The van der Waals surface area contributed by atoms with Gasteiger partial charge in [-0.25, -0.2) is 0 Å². The van der Waals surface area contributed by atoms with Gasteiger partial charge in [0.05, 0.1) is 11.4 Å². The van der Waals surface area contributed by atoms with Crippen molar-refractivity contribution in [3.63, 3.8) is 0 Å². The summed E-state index contributed by atoms with van der Waals surface area (Å²) in [6.07, 6.45) is 2.39. The Kier molecular flexibility index (Phi) is 5.99. The van der Waals surface area contributed by atoms with E-state index in [1.165, 1.54) is 18.4 Å². The summed E-state index contributed by atoms with van der Waals surface area (Å²) in [5.41, 5.74) is 9.05. The Morgan fingerprint density at radius 2 is 2.00 bits per heavy atom. The van der Waals surface area contributed by atoms with Gasteiger partial charge in [-0.05, 0) is 64.9 Å². The maximum absolute atomic E-state index is 5.95. The molecule has 3 heteroatoms. The van der Waals surface area contributed by atoms with Crippen LogP contribution in [-0.2, 0) is 0 Å². The van der Waals surface area contributed by atoms with Crippen LogP contribution >= 0.6 is 0 Å². The topological polar surface area (TPSA) is 41.3 Å². The van der Waals surface area contributed by atoms with Gasteiger partial charge in [0.2, 0.25) is 0 Å². The van der Waals surface area contributed by atoms with Crippen molar-refractivity contribution < 1.29 is 0 Å². The van der Waals surface area contributed by atoms with E-state index in [1.807, 2.05) is 6.07 Å². The molecule has 0 radical (unpaired) electrons. The summed E-state index contributed by atoms with van der Waals surface area (Å²) in [4.78, 5) is 2.38. The number of nitrogens with one attached hydrogen (secondary N) is 1. The molecule has 0 fully saturated rings. The van der Waals surface area contributed by atoms with Crippen LogP contribution in [0.3, 0.4) is 0 Å². The molecule has 0 spiro atoms. The Morgan fingerprint density at radius 3 is 2.61 bits per heavy atom. The molecule has 0 bridgehead atoms. The third-order valence-corrected chi connectivity index (χ3v) is 3.34. The molecule has 1 rings (SSSR count). The highest BCUT2D eigenvalue weighted by Gasteiger charge is 2.02. The van der Waals surface area contributed by atoms with Crippen molar-refractivity contribution in [3.05, 3.63) is 23.8 Å². The highest BCUT2D eigenvalue weighted by Crippen LogP contribution is 2.19. The minimum Gasteiger partial charge on any atom is -0.397 e. The lowest BCUT2D eigenvalue weighted by Gasteiger charge is -2.20. The summed E-state index contributed by atoms with van der Waals surface area (Å²) in [5.74, 6) is 0. The van der Waals surface area contributed by atoms with E-state index in [2.05, 4.69) is 50.2 Å². The van der Waals surface area contributed by atoms with Crippen molar-refractivity contribution >= 4 is 11.4 Å². The first-order valence-electron chi connectivity index (χ1n) is 6.81. The Morgan fingerprint density at radius 1 is 1.28 bits per heavy atom. The Labute approximate surface area is 111 Å².